The summed E-state index contributed by atoms with van der Waals surface area (Å²) >= 11 is 3.44. The second-order valence-electron chi connectivity index (χ2n) is 8.01. The van der Waals surface area contributed by atoms with Crippen LogP contribution >= 0.6 is 15.9 Å². The Bertz CT molecular complexity index is 881. The summed E-state index contributed by atoms with van der Waals surface area (Å²) in [7, 11) is 0. The number of aromatic nitrogens is 2. The molecular formula is C20H22BrN5O. The maximum atomic E-state index is 13.2. The molecule has 0 atom stereocenters. The van der Waals surface area contributed by atoms with E-state index in [0.717, 1.165) is 18.4 Å². The number of halogens is 1. The topological polar surface area (TPSA) is 81.9 Å². The lowest BCUT2D eigenvalue weighted by Gasteiger charge is -2.32. The second-order valence-corrected chi connectivity index (χ2v) is 8.87. The molecule has 1 aliphatic rings. The SMILES string of the molecule is CC(C)(C)CN(NC(=O)C1(c2ccccc2)CC1)c1nc(C#N)ncc1Br. The van der Waals surface area contributed by atoms with Gasteiger partial charge in [-0.1, -0.05) is 51.1 Å². The first-order valence-corrected chi connectivity index (χ1v) is 9.61. The van der Waals surface area contributed by atoms with Crippen LogP contribution in [0, 0.1) is 16.7 Å². The first-order valence-electron chi connectivity index (χ1n) is 8.82. The third kappa shape index (κ3) is 4.28. The van der Waals surface area contributed by atoms with Crippen LogP contribution in [0.4, 0.5) is 5.82 Å². The van der Waals surface area contributed by atoms with Crippen molar-refractivity contribution in [2.75, 3.05) is 11.6 Å². The highest BCUT2D eigenvalue weighted by atomic mass is 79.9. The Morgan fingerprint density at radius 1 is 1.33 bits per heavy atom. The number of hydrogen-bond donors (Lipinski definition) is 1. The molecule has 3 rings (SSSR count). The van der Waals surface area contributed by atoms with Crippen LogP contribution in [0.5, 0.6) is 0 Å². The van der Waals surface area contributed by atoms with Crippen molar-refractivity contribution >= 4 is 27.7 Å². The van der Waals surface area contributed by atoms with Crippen LogP contribution in [0.1, 0.15) is 45.0 Å². The molecule has 6 nitrogen and oxygen atoms in total. The molecule has 0 bridgehead atoms. The Kier molecular flexibility index (Phi) is 5.20. The second kappa shape index (κ2) is 7.28. The summed E-state index contributed by atoms with van der Waals surface area (Å²) in [4.78, 5) is 21.4. The van der Waals surface area contributed by atoms with Crippen molar-refractivity contribution in [1.82, 2.24) is 15.4 Å². The van der Waals surface area contributed by atoms with Crippen LogP contribution in [-0.2, 0) is 10.2 Å². The zero-order chi connectivity index (χ0) is 19.7. The lowest BCUT2D eigenvalue weighted by molar-refractivity contribution is -0.123. The van der Waals surface area contributed by atoms with Gasteiger partial charge in [0.25, 0.3) is 0 Å². The van der Waals surface area contributed by atoms with Crippen LogP contribution in [0.15, 0.2) is 41.0 Å². The molecule has 1 fully saturated rings. The number of hydrogen-bond acceptors (Lipinski definition) is 5. The summed E-state index contributed by atoms with van der Waals surface area (Å²) < 4.78 is 0.621. The molecule has 1 aliphatic carbocycles. The number of benzene rings is 1. The zero-order valence-electron chi connectivity index (χ0n) is 15.7. The third-order valence-electron chi connectivity index (χ3n) is 4.46. The molecule has 1 amide bonds. The van der Waals surface area contributed by atoms with E-state index in [1.54, 1.807) is 5.01 Å². The molecule has 7 heteroatoms. The average molecular weight is 428 g/mol. The van der Waals surface area contributed by atoms with Gasteiger partial charge in [-0.15, -0.1) is 0 Å². The van der Waals surface area contributed by atoms with Gasteiger partial charge in [-0.05, 0) is 39.8 Å². The maximum Gasteiger partial charge on any atom is 0.249 e. The molecule has 0 spiro atoms. The number of rotatable bonds is 5. The monoisotopic (exact) mass is 427 g/mol. The Balaban J connectivity index is 1.91. The van der Waals surface area contributed by atoms with Gasteiger partial charge in [0.1, 0.15) is 6.07 Å². The maximum absolute atomic E-state index is 13.2. The van der Waals surface area contributed by atoms with Crippen molar-refractivity contribution in [3.8, 4) is 6.07 Å². The first kappa shape index (κ1) is 19.3. The van der Waals surface area contributed by atoms with Gasteiger partial charge in [0.15, 0.2) is 5.82 Å². The van der Waals surface area contributed by atoms with E-state index in [-0.39, 0.29) is 17.1 Å². The normalized spacial score (nSPS) is 14.9. The van der Waals surface area contributed by atoms with Gasteiger partial charge in [-0.25, -0.2) is 4.98 Å². The van der Waals surface area contributed by atoms with Crippen molar-refractivity contribution in [2.45, 2.75) is 39.0 Å². The van der Waals surface area contributed by atoms with Crippen LogP contribution in [-0.4, -0.2) is 22.4 Å². The molecule has 1 saturated carbocycles. The number of carbonyl (C=O) groups excluding carboxylic acids is 1. The molecule has 0 radical (unpaired) electrons. The molecular weight excluding hydrogens is 406 g/mol. The fourth-order valence-electron chi connectivity index (χ4n) is 3.00. The Morgan fingerprint density at radius 3 is 2.56 bits per heavy atom. The minimum atomic E-state index is -0.491. The van der Waals surface area contributed by atoms with Crippen molar-refractivity contribution in [1.29, 1.82) is 5.26 Å². The third-order valence-corrected chi connectivity index (χ3v) is 5.02. The molecule has 2 aromatic rings. The van der Waals surface area contributed by atoms with E-state index in [9.17, 15) is 4.79 Å². The highest BCUT2D eigenvalue weighted by molar-refractivity contribution is 9.10. The Hall–Kier alpha value is -2.46. The lowest BCUT2D eigenvalue weighted by atomic mass is 9.95. The fraction of sp³-hybridized carbons (Fsp3) is 0.400. The van der Waals surface area contributed by atoms with Crippen LogP contribution in [0.2, 0.25) is 0 Å². The number of anilines is 1. The van der Waals surface area contributed by atoms with Crippen LogP contribution in [0.25, 0.3) is 0 Å². The summed E-state index contributed by atoms with van der Waals surface area (Å²) in [6, 6.07) is 11.8. The van der Waals surface area contributed by atoms with Gasteiger partial charge < -0.3 is 0 Å². The summed E-state index contributed by atoms with van der Waals surface area (Å²) in [5, 5.41) is 10.9. The summed E-state index contributed by atoms with van der Waals surface area (Å²) in [5.74, 6) is 0.487. The highest BCUT2D eigenvalue weighted by Crippen LogP contribution is 2.48. The Labute approximate surface area is 167 Å². The molecule has 0 unspecified atom stereocenters. The summed E-state index contributed by atoms with van der Waals surface area (Å²) in [6.45, 7) is 6.77. The number of nitriles is 1. The molecule has 1 N–H and O–H groups in total. The minimum Gasteiger partial charge on any atom is -0.272 e. The zero-order valence-corrected chi connectivity index (χ0v) is 17.2. The molecule has 1 aromatic heterocycles. The molecule has 1 heterocycles. The predicted molar refractivity (Wildman–Crippen MR) is 107 cm³/mol. The van der Waals surface area contributed by atoms with Crippen LogP contribution in [0.3, 0.4) is 0 Å². The highest BCUT2D eigenvalue weighted by Gasteiger charge is 2.51. The van der Waals surface area contributed by atoms with Gasteiger partial charge in [-0.2, -0.15) is 10.2 Å². The molecule has 27 heavy (non-hydrogen) atoms. The molecule has 140 valence electrons. The van der Waals surface area contributed by atoms with E-state index >= 15 is 0 Å². The number of carbonyl (C=O) groups is 1. The van der Waals surface area contributed by atoms with E-state index in [4.69, 9.17) is 5.26 Å². The average Bonchev–Trinajstić information content (AvgIpc) is 3.43. The number of amides is 1. The van der Waals surface area contributed by atoms with Crippen LogP contribution < -0.4 is 10.4 Å². The standard InChI is InChI=1S/C20H22BrN5O/c1-19(2,3)13-26(17-15(21)12-23-16(11-22)24-17)25-18(27)20(9-10-20)14-7-5-4-6-8-14/h4-8,12H,9-10,13H2,1-3H3,(H,25,27). The molecule has 1 aromatic carbocycles. The van der Waals surface area contributed by atoms with Gasteiger partial charge >= 0.3 is 0 Å². The fourth-order valence-corrected chi connectivity index (χ4v) is 3.41. The quantitative estimate of drug-likeness (QED) is 0.734. The molecule has 0 saturated heterocycles. The Morgan fingerprint density at radius 2 is 2.00 bits per heavy atom. The van der Waals surface area contributed by atoms with Crippen molar-refractivity contribution in [3.05, 3.63) is 52.4 Å². The molecule has 0 aliphatic heterocycles. The van der Waals surface area contributed by atoms with Crippen molar-refractivity contribution in [3.63, 3.8) is 0 Å². The van der Waals surface area contributed by atoms with E-state index in [0.29, 0.717) is 16.8 Å². The van der Waals surface area contributed by atoms with E-state index in [2.05, 4.69) is 52.1 Å². The van der Waals surface area contributed by atoms with Gasteiger partial charge in [0, 0.05) is 12.7 Å². The van der Waals surface area contributed by atoms with E-state index < -0.39 is 5.41 Å². The number of hydrazine groups is 1. The smallest absolute Gasteiger partial charge is 0.249 e. The lowest BCUT2D eigenvalue weighted by Crippen LogP contribution is -2.50. The largest absolute Gasteiger partial charge is 0.272 e. The van der Waals surface area contributed by atoms with E-state index in [1.807, 2.05) is 36.4 Å². The summed E-state index contributed by atoms with van der Waals surface area (Å²) in [5.41, 5.74) is 3.48. The van der Waals surface area contributed by atoms with Gasteiger partial charge in [0.2, 0.25) is 11.7 Å². The summed E-state index contributed by atoms with van der Waals surface area (Å²) in [6.07, 6.45) is 3.17. The van der Waals surface area contributed by atoms with Crippen molar-refractivity contribution in [2.24, 2.45) is 5.41 Å². The van der Waals surface area contributed by atoms with Gasteiger partial charge in [0.05, 0.1) is 9.89 Å². The minimum absolute atomic E-state index is 0.0537. The number of nitrogens with zero attached hydrogens (tertiary/aromatic N) is 4. The first-order chi connectivity index (χ1) is 12.7. The number of nitrogens with one attached hydrogen (secondary N) is 1. The predicted octanol–water partition coefficient (Wildman–Crippen LogP) is 3.73. The van der Waals surface area contributed by atoms with Crippen molar-refractivity contribution < 1.29 is 4.79 Å². The van der Waals surface area contributed by atoms with Gasteiger partial charge in [-0.3, -0.25) is 15.2 Å². The van der Waals surface area contributed by atoms with E-state index in [1.165, 1.54) is 6.20 Å².